The van der Waals surface area contributed by atoms with Crippen LogP contribution in [0.3, 0.4) is 0 Å². The van der Waals surface area contributed by atoms with Gasteiger partial charge < -0.3 is 24.2 Å². The topological polar surface area (TPSA) is 129 Å². The molecule has 2 aliphatic rings. The molecular formula is C21H18F3N5O6. The normalized spacial score (nSPS) is 14.0. The number of nitrogens with zero attached hydrogens (tertiary/aromatic N) is 5. The monoisotopic (exact) mass is 493 g/mol. The maximum absolute atomic E-state index is 13.0. The third-order valence-corrected chi connectivity index (χ3v) is 4.98. The number of carbonyl (C=O) groups excluding carboxylic acids is 1. The van der Waals surface area contributed by atoms with Gasteiger partial charge in [-0.05, 0) is 24.3 Å². The molecule has 0 aliphatic carbocycles. The third-order valence-electron chi connectivity index (χ3n) is 4.98. The average molecular weight is 493 g/mol. The van der Waals surface area contributed by atoms with Gasteiger partial charge in [-0.1, -0.05) is 11.3 Å². The molecule has 14 heteroatoms. The van der Waals surface area contributed by atoms with Crippen molar-refractivity contribution in [3.05, 3.63) is 59.5 Å². The highest BCUT2D eigenvalue weighted by Gasteiger charge is 2.38. The van der Waals surface area contributed by atoms with Crippen molar-refractivity contribution in [1.82, 2.24) is 24.9 Å². The summed E-state index contributed by atoms with van der Waals surface area (Å²) in [4.78, 5) is 27.8. The number of carboxylic acid groups (broad SMARTS) is 1. The summed E-state index contributed by atoms with van der Waals surface area (Å²) in [6, 6.07) is 10.7. The Bertz CT molecular complexity index is 1220. The molecule has 35 heavy (non-hydrogen) atoms. The van der Waals surface area contributed by atoms with Gasteiger partial charge in [-0.2, -0.15) is 13.2 Å². The smallest absolute Gasteiger partial charge is 0.475 e. The van der Waals surface area contributed by atoms with Crippen LogP contribution in [0.2, 0.25) is 0 Å². The fourth-order valence-electron chi connectivity index (χ4n) is 3.27. The minimum atomic E-state index is -5.08. The van der Waals surface area contributed by atoms with E-state index in [1.807, 2.05) is 16.8 Å². The van der Waals surface area contributed by atoms with E-state index in [-0.39, 0.29) is 19.3 Å². The van der Waals surface area contributed by atoms with Gasteiger partial charge in [0, 0.05) is 24.4 Å². The fourth-order valence-corrected chi connectivity index (χ4v) is 3.27. The van der Waals surface area contributed by atoms with E-state index in [0.717, 1.165) is 5.69 Å². The van der Waals surface area contributed by atoms with Gasteiger partial charge >= 0.3 is 12.1 Å². The molecule has 3 aromatic rings. The molecule has 4 heterocycles. The summed E-state index contributed by atoms with van der Waals surface area (Å²) in [6.45, 7) is 1.99. The number of alkyl halides is 3. The molecule has 0 bridgehead atoms. The molecule has 1 N–H and O–H groups in total. The first-order valence-electron chi connectivity index (χ1n) is 10.2. The minimum Gasteiger partial charge on any atom is -0.475 e. The summed E-state index contributed by atoms with van der Waals surface area (Å²) in [7, 11) is 0. The second kappa shape index (κ2) is 9.87. The Labute approximate surface area is 195 Å². The first-order valence-corrected chi connectivity index (χ1v) is 10.2. The molecule has 2 aliphatic heterocycles. The number of aromatic nitrogens is 4. The Hall–Kier alpha value is -4.36. The Morgan fingerprint density at radius 3 is 2.60 bits per heavy atom. The van der Waals surface area contributed by atoms with E-state index in [4.69, 9.17) is 24.1 Å². The molecule has 1 aromatic carbocycles. The van der Waals surface area contributed by atoms with Gasteiger partial charge in [0.15, 0.2) is 11.5 Å². The zero-order valence-electron chi connectivity index (χ0n) is 17.9. The molecule has 0 saturated heterocycles. The molecule has 0 fully saturated rings. The number of aliphatic carboxylic acids is 1. The Morgan fingerprint density at radius 1 is 1.11 bits per heavy atom. The van der Waals surface area contributed by atoms with E-state index in [9.17, 15) is 18.0 Å². The van der Waals surface area contributed by atoms with E-state index < -0.39 is 12.1 Å². The summed E-state index contributed by atoms with van der Waals surface area (Å²) in [5, 5.41) is 15.5. The van der Waals surface area contributed by atoms with E-state index in [0.29, 0.717) is 48.3 Å². The van der Waals surface area contributed by atoms with Crippen LogP contribution in [0.5, 0.6) is 17.4 Å². The van der Waals surface area contributed by atoms with Gasteiger partial charge in [0.05, 0.1) is 18.8 Å². The lowest BCUT2D eigenvalue weighted by atomic mass is 10.1. The summed E-state index contributed by atoms with van der Waals surface area (Å²) >= 11 is 0. The van der Waals surface area contributed by atoms with Crippen molar-refractivity contribution in [2.24, 2.45) is 0 Å². The summed E-state index contributed by atoms with van der Waals surface area (Å²) < 4.78 is 49.9. The van der Waals surface area contributed by atoms with Crippen LogP contribution < -0.4 is 14.2 Å². The van der Waals surface area contributed by atoms with Crippen molar-refractivity contribution in [2.45, 2.75) is 25.9 Å². The fraction of sp³-hybridized carbons (Fsp3) is 0.286. The standard InChI is InChI=1S/C19H17N5O4.C2HF3O2/c25-19(13-4-5-16-17(9-13)28-12-27-16)23-7-8-24-15(10-23)14(21-22-24)11-26-18-3-1-2-6-20-18;3-2(4,5)1(6)7/h1-6,9H,7-8,10-12H2;(H,6,7). The minimum absolute atomic E-state index is 0.0673. The quantitative estimate of drug-likeness (QED) is 0.582. The molecule has 1 amide bonds. The second-order valence-electron chi connectivity index (χ2n) is 7.26. The Morgan fingerprint density at radius 2 is 1.89 bits per heavy atom. The number of amides is 1. The van der Waals surface area contributed by atoms with Crippen LogP contribution in [0.15, 0.2) is 42.6 Å². The molecule has 184 valence electrons. The van der Waals surface area contributed by atoms with E-state index in [2.05, 4.69) is 15.3 Å². The number of halogens is 3. The number of pyridine rings is 1. The average Bonchev–Trinajstić information content (AvgIpc) is 3.48. The SMILES string of the molecule is O=C(O)C(F)(F)F.O=C(c1ccc2c(c1)OCO2)N1CCn2nnc(COc3ccccn3)c2C1. The van der Waals surface area contributed by atoms with Gasteiger partial charge in [-0.3, -0.25) is 4.79 Å². The molecule has 0 radical (unpaired) electrons. The van der Waals surface area contributed by atoms with Gasteiger partial charge in [0.2, 0.25) is 12.7 Å². The second-order valence-corrected chi connectivity index (χ2v) is 7.26. The summed E-state index contributed by atoms with van der Waals surface area (Å²) in [6.07, 6.45) is -3.41. The molecule has 5 rings (SSSR count). The maximum Gasteiger partial charge on any atom is 0.490 e. The number of hydrogen-bond acceptors (Lipinski definition) is 8. The predicted octanol–water partition coefficient (Wildman–Crippen LogP) is 2.27. The van der Waals surface area contributed by atoms with Crippen LogP contribution in [0.4, 0.5) is 13.2 Å². The van der Waals surface area contributed by atoms with Gasteiger partial charge in [0.25, 0.3) is 5.91 Å². The lowest BCUT2D eigenvalue weighted by Crippen LogP contribution is -2.38. The lowest BCUT2D eigenvalue weighted by Gasteiger charge is -2.27. The summed E-state index contributed by atoms with van der Waals surface area (Å²) in [5.74, 6) is -1.05. The summed E-state index contributed by atoms with van der Waals surface area (Å²) in [5.41, 5.74) is 2.14. The highest BCUT2D eigenvalue weighted by Crippen LogP contribution is 2.33. The van der Waals surface area contributed by atoms with E-state index in [1.165, 1.54) is 0 Å². The molecule has 0 saturated carbocycles. The highest BCUT2D eigenvalue weighted by molar-refractivity contribution is 5.95. The largest absolute Gasteiger partial charge is 0.490 e. The van der Waals surface area contributed by atoms with Crippen molar-refractivity contribution in [2.75, 3.05) is 13.3 Å². The van der Waals surface area contributed by atoms with E-state index >= 15 is 0 Å². The molecule has 2 aromatic heterocycles. The van der Waals surface area contributed by atoms with Crippen molar-refractivity contribution >= 4 is 11.9 Å². The third kappa shape index (κ3) is 5.59. The molecule has 0 atom stereocenters. The molecule has 0 spiro atoms. The van der Waals surface area contributed by atoms with Crippen LogP contribution in [0.25, 0.3) is 0 Å². The number of rotatable bonds is 4. The van der Waals surface area contributed by atoms with Crippen molar-refractivity contribution in [3.8, 4) is 17.4 Å². The maximum atomic E-state index is 13.0. The van der Waals surface area contributed by atoms with Gasteiger partial charge in [0.1, 0.15) is 12.3 Å². The van der Waals surface area contributed by atoms with Crippen LogP contribution in [0, 0.1) is 0 Å². The van der Waals surface area contributed by atoms with Gasteiger partial charge in [-0.15, -0.1) is 5.10 Å². The van der Waals surface area contributed by atoms with Gasteiger partial charge in [-0.25, -0.2) is 14.5 Å². The molecular weight excluding hydrogens is 475 g/mol. The zero-order valence-corrected chi connectivity index (χ0v) is 17.9. The highest BCUT2D eigenvalue weighted by atomic mass is 19.4. The number of ether oxygens (including phenoxy) is 3. The number of carbonyl (C=O) groups is 2. The Balaban J connectivity index is 0.000000364. The van der Waals surface area contributed by atoms with Crippen molar-refractivity contribution in [1.29, 1.82) is 0 Å². The van der Waals surface area contributed by atoms with Crippen molar-refractivity contribution in [3.63, 3.8) is 0 Å². The lowest BCUT2D eigenvalue weighted by molar-refractivity contribution is -0.192. The molecule has 11 nitrogen and oxygen atoms in total. The Kier molecular flexibility index (Phi) is 6.71. The van der Waals surface area contributed by atoms with Crippen LogP contribution >= 0.6 is 0 Å². The molecule has 0 unspecified atom stereocenters. The first-order chi connectivity index (χ1) is 16.7. The van der Waals surface area contributed by atoms with Crippen LogP contribution in [-0.2, 0) is 24.5 Å². The number of fused-ring (bicyclic) bond motifs is 2. The predicted molar refractivity (Wildman–Crippen MR) is 110 cm³/mol. The van der Waals surface area contributed by atoms with Crippen molar-refractivity contribution < 1.29 is 42.1 Å². The number of hydrogen-bond donors (Lipinski definition) is 1. The van der Waals surface area contributed by atoms with Crippen LogP contribution in [-0.4, -0.2) is 61.4 Å². The van der Waals surface area contributed by atoms with E-state index in [1.54, 1.807) is 35.4 Å². The first kappa shape index (κ1) is 23.8. The zero-order chi connectivity index (χ0) is 25.0. The number of benzene rings is 1. The van der Waals surface area contributed by atoms with Crippen LogP contribution in [0.1, 0.15) is 21.7 Å². The number of carboxylic acids is 1.